The lowest BCUT2D eigenvalue weighted by molar-refractivity contribution is 0.0997. The molecule has 1 aliphatic heterocycles. The third-order valence-electron chi connectivity index (χ3n) is 3.47. The van der Waals surface area contributed by atoms with Gasteiger partial charge in [-0.1, -0.05) is 0 Å². The van der Waals surface area contributed by atoms with Gasteiger partial charge in [-0.2, -0.15) is 0 Å². The van der Waals surface area contributed by atoms with Crippen LogP contribution in [0, 0.1) is 0 Å². The van der Waals surface area contributed by atoms with Crippen molar-refractivity contribution in [2.24, 2.45) is 5.73 Å². The lowest BCUT2D eigenvalue weighted by atomic mass is 10.2. The summed E-state index contributed by atoms with van der Waals surface area (Å²) in [6.45, 7) is 3.94. The van der Waals surface area contributed by atoms with Gasteiger partial charge in [-0.15, -0.1) is 0 Å². The number of hydrogen-bond acceptors (Lipinski definition) is 6. The number of piperazine rings is 1. The molecule has 3 rings (SSSR count). The second-order valence-corrected chi connectivity index (χ2v) is 4.94. The van der Waals surface area contributed by atoms with Gasteiger partial charge in [-0.25, -0.2) is 9.97 Å². The minimum Gasteiger partial charge on any atom is -0.438 e. The average Bonchev–Trinajstić information content (AvgIpc) is 2.57. The Kier molecular flexibility index (Phi) is 4.15. The van der Waals surface area contributed by atoms with Crippen molar-refractivity contribution in [1.82, 2.24) is 15.3 Å². The molecule has 0 aliphatic carbocycles. The summed E-state index contributed by atoms with van der Waals surface area (Å²) in [6, 6.07) is 7.69. The van der Waals surface area contributed by atoms with Crippen LogP contribution in [0.15, 0.2) is 36.8 Å². The fourth-order valence-electron chi connectivity index (χ4n) is 2.33. The van der Waals surface area contributed by atoms with Crippen molar-refractivity contribution in [3.8, 4) is 11.6 Å². The largest absolute Gasteiger partial charge is 0.438 e. The Bertz CT molecular complexity index is 653. The lowest BCUT2D eigenvalue weighted by Gasteiger charge is -2.29. The van der Waals surface area contributed by atoms with Crippen LogP contribution in [0.25, 0.3) is 0 Å². The van der Waals surface area contributed by atoms with Crippen LogP contribution in [0.4, 0.5) is 5.69 Å². The van der Waals surface area contributed by atoms with Gasteiger partial charge in [0, 0.05) is 38.1 Å². The number of nitrogens with zero attached hydrogens (tertiary/aromatic N) is 3. The van der Waals surface area contributed by atoms with Crippen LogP contribution < -0.4 is 20.7 Å². The fraction of sp³-hybridized carbons (Fsp3) is 0.267. The van der Waals surface area contributed by atoms with Crippen molar-refractivity contribution in [3.05, 3.63) is 42.4 Å². The molecule has 114 valence electrons. The standard InChI is InChI=1S/C15H17N5O2/c16-14(21)13-9-18-10-19-15(13)22-12-3-1-11(2-4-12)20-7-5-17-6-8-20/h1-4,9-10,17H,5-8H2,(H2,16,21). The second-order valence-electron chi connectivity index (χ2n) is 4.94. The number of amides is 1. The van der Waals surface area contributed by atoms with Crippen LogP contribution in [0.3, 0.4) is 0 Å². The number of rotatable bonds is 4. The Morgan fingerprint density at radius 3 is 2.64 bits per heavy atom. The van der Waals surface area contributed by atoms with Crippen LogP contribution in [0.2, 0.25) is 0 Å². The number of nitrogens with two attached hydrogens (primary N) is 1. The van der Waals surface area contributed by atoms with Gasteiger partial charge in [0.15, 0.2) is 0 Å². The molecule has 1 aliphatic rings. The minimum absolute atomic E-state index is 0.161. The highest BCUT2D eigenvalue weighted by molar-refractivity contribution is 5.94. The van der Waals surface area contributed by atoms with Crippen molar-refractivity contribution in [1.29, 1.82) is 0 Å². The smallest absolute Gasteiger partial charge is 0.255 e. The van der Waals surface area contributed by atoms with Crippen molar-refractivity contribution in [2.75, 3.05) is 31.1 Å². The first-order chi connectivity index (χ1) is 10.7. The number of carbonyl (C=O) groups excluding carboxylic acids is 1. The zero-order valence-corrected chi connectivity index (χ0v) is 12.0. The molecule has 0 bridgehead atoms. The molecular weight excluding hydrogens is 282 g/mol. The molecule has 7 heteroatoms. The predicted molar refractivity (Wildman–Crippen MR) is 82.1 cm³/mol. The Morgan fingerprint density at radius 1 is 1.23 bits per heavy atom. The number of primary amides is 1. The molecule has 1 fully saturated rings. The minimum atomic E-state index is -0.618. The van der Waals surface area contributed by atoms with E-state index in [0.717, 1.165) is 31.9 Å². The fourth-order valence-corrected chi connectivity index (χ4v) is 2.33. The molecule has 0 radical (unpaired) electrons. The van der Waals surface area contributed by atoms with Crippen LogP contribution in [0.5, 0.6) is 11.6 Å². The highest BCUT2D eigenvalue weighted by atomic mass is 16.5. The van der Waals surface area contributed by atoms with Crippen molar-refractivity contribution in [2.45, 2.75) is 0 Å². The number of hydrogen-bond donors (Lipinski definition) is 2. The molecule has 0 atom stereocenters. The Morgan fingerprint density at radius 2 is 1.95 bits per heavy atom. The first kappa shape index (κ1) is 14.3. The molecule has 1 aromatic heterocycles. The normalized spacial score (nSPS) is 14.6. The van der Waals surface area contributed by atoms with Gasteiger partial charge in [-0.3, -0.25) is 4.79 Å². The Balaban J connectivity index is 1.75. The summed E-state index contributed by atoms with van der Waals surface area (Å²) < 4.78 is 5.63. The van der Waals surface area contributed by atoms with Gasteiger partial charge in [0.1, 0.15) is 17.6 Å². The summed E-state index contributed by atoms with van der Waals surface area (Å²) in [7, 11) is 0. The number of nitrogens with one attached hydrogen (secondary N) is 1. The van der Waals surface area contributed by atoms with E-state index in [1.807, 2.05) is 24.3 Å². The SMILES string of the molecule is NC(=O)c1cncnc1Oc1ccc(N2CCNCC2)cc1. The molecule has 0 spiro atoms. The molecule has 1 amide bonds. The maximum Gasteiger partial charge on any atom is 0.255 e. The van der Waals surface area contributed by atoms with Gasteiger partial charge in [0.2, 0.25) is 5.88 Å². The molecule has 0 unspecified atom stereocenters. The second kappa shape index (κ2) is 6.40. The molecule has 1 saturated heterocycles. The van der Waals surface area contributed by atoms with Crippen LogP contribution in [-0.2, 0) is 0 Å². The number of benzene rings is 1. The summed E-state index contributed by atoms with van der Waals surface area (Å²) in [5.74, 6) is 0.144. The van der Waals surface area contributed by atoms with Crippen LogP contribution in [-0.4, -0.2) is 42.1 Å². The molecule has 1 aromatic carbocycles. The van der Waals surface area contributed by atoms with E-state index in [2.05, 4.69) is 20.2 Å². The number of anilines is 1. The summed E-state index contributed by atoms with van der Waals surface area (Å²) in [4.78, 5) is 21.4. The number of ether oxygens (including phenoxy) is 1. The van der Waals surface area contributed by atoms with E-state index < -0.39 is 5.91 Å². The summed E-state index contributed by atoms with van der Waals surface area (Å²) in [6.07, 6.45) is 2.66. The third-order valence-corrected chi connectivity index (χ3v) is 3.47. The first-order valence-electron chi connectivity index (χ1n) is 7.07. The predicted octanol–water partition coefficient (Wildman–Crippen LogP) is 0.777. The molecule has 2 aromatic rings. The van der Waals surface area contributed by atoms with Gasteiger partial charge in [-0.05, 0) is 24.3 Å². The molecular formula is C15H17N5O2. The van der Waals surface area contributed by atoms with E-state index >= 15 is 0 Å². The maximum absolute atomic E-state index is 11.3. The quantitative estimate of drug-likeness (QED) is 0.866. The monoisotopic (exact) mass is 299 g/mol. The highest BCUT2D eigenvalue weighted by Crippen LogP contribution is 2.25. The van der Waals surface area contributed by atoms with Gasteiger partial charge >= 0.3 is 0 Å². The molecule has 2 heterocycles. The number of carbonyl (C=O) groups is 1. The van der Waals surface area contributed by atoms with E-state index in [4.69, 9.17) is 10.5 Å². The summed E-state index contributed by atoms with van der Waals surface area (Å²) >= 11 is 0. The van der Waals surface area contributed by atoms with E-state index in [-0.39, 0.29) is 11.4 Å². The van der Waals surface area contributed by atoms with Gasteiger partial charge in [0.25, 0.3) is 5.91 Å². The first-order valence-corrected chi connectivity index (χ1v) is 7.07. The van der Waals surface area contributed by atoms with E-state index in [9.17, 15) is 4.79 Å². The lowest BCUT2D eigenvalue weighted by Crippen LogP contribution is -2.43. The van der Waals surface area contributed by atoms with Gasteiger partial charge in [0.05, 0.1) is 0 Å². The summed E-state index contributed by atoms with van der Waals surface area (Å²) in [5, 5.41) is 3.32. The third kappa shape index (κ3) is 3.15. The van der Waals surface area contributed by atoms with Crippen LogP contribution >= 0.6 is 0 Å². The van der Waals surface area contributed by atoms with Crippen molar-refractivity contribution < 1.29 is 9.53 Å². The topological polar surface area (TPSA) is 93.4 Å². The Labute approximate surface area is 128 Å². The number of aromatic nitrogens is 2. The van der Waals surface area contributed by atoms with E-state index in [0.29, 0.717) is 5.75 Å². The van der Waals surface area contributed by atoms with Crippen molar-refractivity contribution >= 4 is 11.6 Å². The van der Waals surface area contributed by atoms with E-state index in [1.54, 1.807) is 0 Å². The molecule has 0 saturated carbocycles. The average molecular weight is 299 g/mol. The zero-order chi connectivity index (χ0) is 15.4. The van der Waals surface area contributed by atoms with Crippen molar-refractivity contribution in [3.63, 3.8) is 0 Å². The summed E-state index contributed by atoms with van der Waals surface area (Å²) in [5.41, 5.74) is 6.58. The maximum atomic E-state index is 11.3. The van der Waals surface area contributed by atoms with Crippen LogP contribution in [0.1, 0.15) is 10.4 Å². The molecule has 22 heavy (non-hydrogen) atoms. The zero-order valence-electron chi connectivity index (χ0n) is 12.0. The van der Waals surface area contributed by atoms with Gasteiger partial charge < -0.3 is 20.7 Å². The molecule has 7 nitrogen and oxygen atoms in total. The Hall–Kier alpha value is -2.67. The highest BCUT2D eigenvalue weighted by Gasteiger charge is 2.13. The molecule has 3 N–H and O–H groups in total. The van der Waals surface area contributed by atoms with E-state index in [1.165, 1.54) is 12.5 Å².